The summed E-state index contributed by atoms with van der Waals surface area (Å²) >= 11 is 6.34. The smallest absolute Gasteiger partial charge is 0.302 e. The van der Waals surface area contributed by atoms with Crippen molar-refractivity contribution in [3.8, 4) is 0 Å². The van der Waals surface area contributed by atoms with Gasteiger partial charge in [-0.05, 0) is 80.0 Å². The molecule has 0 aromatic heterocycles. The minimum absolute atomic E-state index is 0.0523. The molecule has 4 aliphatic carbocycles. The van der Waals surface area contributed by atoms with Crippen molar-refractivity contribution in [3.63, 3.8) is 0 Å². The third kappa shape index (κ3) is 2.99. The quantitative estimate of drug-likeness (QED) is 0.350. The predicted molar refractivity (Wildman–Crippen MR) is 111 cm³/mol. The second kappa shape index (κ2) is 7.15. The van der Waals surface area contributed by atoms with Gasteiger partial charge in [0.05, 0.1) is 0 Å². The maximum absolute atomic E-state index is 12.5. The molecule has 0 N–H and O–H groups in total. The monoisotopic (exact) mass is 406 g/mol. The fourth-order valence-electron chi connectivity index (χ4n) is 8.09. The Bertz CT molecular complexity index is 700. The number of hydrogen-bond acceptors (Lipinski definition) is 3. The molecular weight excluding hydrogens is 372 g/mol. The third-order valence-corrected chi connectivity index (χ3v) is 9.60. The molecule has 0 aromatic rings. The number of ketones is 1. The van der Waals surface area contributed by atoms with E-state index in [0.29, 0.717) is 35.3 Å². The van der Waals surface area contributed by atoms with Gasteiger partial charge in [-0.2, -0.15) is 0 Å². The van der Waals surface area contributed by atoms with Gasteiger partial charge in [0, 0.05) is 25.1 Å². The van der Waals surface area contributed by atoms with Crippen LogP contribution in [0.4, 0.5) is 0 Å². The molecule has 0 aromatic carbocycles. The highest BCUT2D eigenvalue weighted by molar-refractivity contribution is 6.18. The van der Waals surface area contributed by atoms with Crippen molar-refractivity contribution in [2.75, 3.05) is 5.88 Å². The van der Waals surface area contributed by atoms with Crippen LogP contribution < -0.4 is 0 Å². The highest BCUT2D eigenvalue weighted by Gasteiger charge is 2.61. The molecule has 4 aliphatic rings. The molecule has 0 aliphatic heterocycles. The molecule has 0 saturated heterocycles. The summed E-state index contributed by atoms with van der Waals surface area (Å²) < 4.78 is 5.54. The Labute approximate surface area is 174 Å². The minimum atomic E-state index is -0.162. The molecule has 0 amide bonds. The van der Waals surface area contributed by atoms with Crippen LogP contribution in [-0.2, 0) is 14.3 Å². The lowest BCUT2D eigenvalue weighted by molar-refractivity contribution is -0.149. The van der Waals surface area contributed by atoms with E-state index in [4.69, 9.17) is 16.3 Å². The Morgan fingerprint density at radius 3 is 2.57 bits per heavy atom. The number of allylic oxidation sites excluding steroid dienone is 1. The second-order valence-electron chi connectivity index (χ2n) is 10.5. The molecule has 3 saturated carbocycles. The minimum Gasteiger partial charge on any atom is -0.462 e. The van der Waals surface area contributed by atoms with E-state index in [9.17, 15) is 9.59 Å². The number of carbonyl (C=O) groups is 2. The number of Topliss-reactive ketones (excluding diaryl/α,β-unsaturated/α-hetero) is 1. The summed E-state index contributed by atoms with van der Waals surface area (Å²) in [7, 11) is 0. The molecule has 0 bridgehead atoms. The number of ether oxygens (including phenoxy) is 1. The van der Waals surface area contributed by atoms with Gasteiger partial charge in [0.2, 0.25) is 0 Å². The number of hydrogen-bond donors (Lipinski definition) is 0. The van der Waals surface area contributed by atoms with Gasteiger partial charge in [0.15, 0.2) is 0 Å². The van der Waals surface area contributed by atoms with E-state index in [1.54, 1.807) is 6.92 Å². The SMILES string of the molecule is CC(=O)O[C@H]1CC[C@@]2(C)C(=CCC3C2CC[C@@]2(C)C3C[C@@H](CCl)[C@@H]2C(C)=O)C1. The molecule has 3 nitrogen and oxygen atoms in total. The average molecular weight is 407 g/mol. The van der Waals surface area contributed by atoms with Crippen molar-refractivity contribution in [1.82, 2.24) is 0 Å². The van der Waals surface area contributed by atoms with E-state index in [2.05, 4.69) is 19.9 Å². The number of halogens is 1. The molecule has 0 spiro atoms. The normalized spacial score (nSPS) is 47.4. The van der Waals surface area contributed by atoms with Crippen molar-refractivity contribution in [1.29, 1.82) is 0 Å². The van der Waals surface area contributed by atoms with E-state index in [0.717, 1.165) is 38.5 Å². The molecule has 8 atom stereocenters. The average Bonchev–Trinajstić information content (AvgIpc) is 2.94. The van der Waals surface area contributed by atoms with Gasteiger partial charge in [-0.1, -0.05) is 25.5 Å². The van der Waals surface area contributed by atoms with Crippen molar-refractivity contribution < 1.29 is 14.3 Å². The van der Waals surface area contributed by atoms with Crippen LogP contribution in [0.5, 0.6) is 0 Å². The van der Waals surface area contributed by atoms with Crippen LogP contribution >= 0.6 is 11.6 Å². The Morgan fingerprint density at radius 2 is 1.93 bits per heavy atom. The predicted octanol–water partition coefficient (Wildman–Crippen LogP) is 5.55. The Kier molecular flexibility index (Phi) is 5.22. The summed E-state index contributed by atoms with van der Waals surface area (Å²) in [5.41, 5.74) is 1.86. The van der Waals surface area contributed by atoms with Crippen molar-refractivity contribution in [2.45, 2.75) is 78.7 Å². The van der Waals surface area contributed by atoms with E-state index < -0.39 is 0 Å². The van der Waals surface area contributed by atoms with Crippen LogP contribution in [0.25, 0.3) is 0 Å². The first-order valence-electron chi connectivity index (χ1n) is 11.1. The Hall–Kier alpha value is -0.830. The van der Waals surface area contributed by atoms with Crippen molar-refractivity contribution in [2.24, 2.45) is 40.4 Å². The van der Waals surface area contributed by atoms with Gasteiger partial charge in [-0.15, -0.1) is 11.6 Å². The van der Waals surface area contributed by atoms with Crippen LogP contribution in [0.1, 0.15) is 72.6 Å². The fourth-order valence-corrected chi connectivity index (χ4v) is 8.39. The maximum Gasteiger partial charge on any atom is 0.302 e. The highest BCUT2D eigenvalue weighted by Crippen LogP contribution is 2.67. The number of alkyl halides is 1. The van der Waals surface area contributed by atoms with Crippen molar-refractivity contribution in [3.05, 3.63) is 11.6 Å². The summed E-state index contributed by atoms with van der Waals surface area (Å²) in [6, 6.07) is 0. The van der Waals surface area contributed by atoms with E-state index >= 15 is 0 Å². The van der Waals surface area contributed by atoms with Gasteiger partial charge in [0.1, 0.15) is 11.9 Å². The first-order valence-corrected chi connectivity index (χ1v) is 11.7. The summed E-state index contributed by atoms with van der Waals surface area (Å²) in [5.74, 6) is 3.21. The number of rotatable bonds is 3. The molecule has 28 heavy (non-hydrogen) atoms. The molecule has 4 rings (SSSR count). The molecule has 156 valence electrons. The standard InChI is InChI=1S/C24H35ClO3/c1-14(26)22-16(13-25)11-21-19-6-5-17-12-18(28-15(2)27)7-9-23(17,3)20(19)8-10-24(21,22)4/h5,16,18-22H,6-13H2,1-4H3/t16-,18-,19?,20?,21?,22-,23-,24-/m0/s1. The molecule has 0 radical (unpaired) electrons. The summed E-state index contributed by atoms with van der Waals surface area (Å²) in [6.07, 6.45) is 10.1. The van der Waals surface area contributed by atoms with Crippen LogP contribution in [0.3, 0.4) is 0 Å². The van der Waals surface area contributed by atoms with Gasteiger partial charge >= 0.3 is 5.97 Å². The maximum atomic E-state index is 12.5. The van der Waals surface area contributed by atoms with Crippen LogP contribution in [0.15, 0.2) is 11.6 Å². The van der Waals surface area contributed by atoms with E-state index in [-0.39, 0.29) is 28.8 Å². The second-order valence-corrected chi connectivity index (χ2v) is 10.8. The zero-order chi connectivity index (χ0) is 20.3. The number of carbonyl (C=O) groups excluding carboxylic acids is 2. The topological polar surface area (TPSA) is 43.4 Å². The zero-order valence-corrected chi connectivity index (χ0v) is 18.6. The van der Waals surface area contributed by atoms with E-state index in [1.807, 2.05) is 0 Å². The fraction of sp³-hybridized carbons (Fsp3) is 0.833. The molecule has 3 fully saturated rings. The number of esters is 1. The Morgan fingerprint density at radius 1 is 1.18 bits per heavy atom. The van der Waals surface area contributed by atoms with Gasteiger partial charge in [-0.3, -0.25) is 9.59 Å². The van der Waals surface area contributed by atoms with Crippen molar-refractivity contribution >= 4 is 23.4 Å². The van der Waals surface area contributed by atoms with Gasteiger partial charge < -0.3 is 4.74 Å². The lowest BCUT2D eigenvalue weighted by Gasteiger charge is -2.58. The lowest BCUT2D eigenvalue weighted by Crippen LogP contribution is -2.51. The summed E-state index contributed by atoms with van der Waals surface area (Å²) in [4.78, 5) is 23.9. The molecule has 0 heterocycles. The molecule has 4 heteroatoms. The first-order chi connectivity index (χ1) is 13.2. The molecule has 3 unspecified atom stereocenters. The third-order valence-electron chi connectivity index (χ3n) is 9.20. The Balaban J connectivity index is 1.61. The highest BCUT2D eigenvalue weighted by atomic mass is 35.5. The van der Waals surface area contributed by atoms with Gasteiger partial charge in [-0.25, -0.2) is 0 Å². The number of fused-ring (bicyclic) bond motifs is 5. The van der Waals surface area contributed by atoms with Crippen LogP contribution in [0, 0.1) is 40.4 Å². The largest absolute Gasteiger partial charge is 0.462 e. The van der Waals surface area contributed by atoms with Crippen LogP contribution in [-0.4, -0.2) is 23.7 Å². The van der Waals surface area contributed by atoms with E-state index in [1.165, 1.54) is 18.9 Å². The lowest BCUT2D eigenvalue weighted by atomic mass is 9.47. The van der Waals surface area contributed by atoms with Crippen LogP contribution in [0.2, 0.25) is 0 Å². The zero-order valence-electron chi connectivity index (χ0n) is 17.8. The van der Waals surface area contributed by atoms with Gasteiger partial charge in [0.25, 0.3) is 0 Å². The summed E-state index contributed by atoms with van der Waals surface area (Å²) in [5, 5.41) is 0. The first kappa shape index (κ1) is 20.4. The summed E-state index contributed by atoms with van der Waals surface area (Å²) in [6.45, 7) is 8.13. The molecular formula is C24H35ClO3.